The second-order valence-electron chi connectivity index (χ2n) is 3.83. The van der Waals surface area contributed by atoms with Gasteiger partial charge in [0, 0.05) is 7.05 Å². The molecular weight excluding hydrogens is 319 g/mol. The van der Waals surface area contributed by atoms with Gasteiger partial charge in [0.25, 0.3) is 0 Å². The normalized spacial score (nSPS) is 9.95. The maximum absolute atomic E-state index is 8.80. The minimum atomic E-state index is 0.370. The molecule has 0 fully saturated rings. The Hall–Kier alpha value is -1.67. The van der Waals surface area contributed by atoms with Crippen LogP contribution in [0, 0.1) is 11.3 Å². The lowest BCUT2D eigenvalue weighted by Crippen LogP contribution is -2.00. The van der Waals surface area contributed by atoms with Gasteiger partial charge in [0.1, 0.15) is 5.82 Å². The topological polar surface area (TPSA) is 60.7 Å². The van der Waals surface area contributed by atoms with Crippen molar-refractivity contribution in [1.82, 2.24) is 4.98 Å². The molecule has 0 amide bonds. The summed E-state index contributed by atoms with van der Waals surface area (Å²) in [5.74, 6) is 0.926. The Morgan fingerprint density at radius 3 is 2.35 bits per heavy atom. The first-order chi connectivity index (χ1) is 9.55. The monoisotopic (exact) mass is 326 g/mol. The van der Waals surface area contributed by atoms with Crippen molar-refractivity contribution in [3.8, 4) is 6.07 Å². The summed E-state index contributed by atoms with van der Waals surface area (Å²) in [6.07, 6.45) is 0. The number of nitrogens with zero attached hydrogens (tertiary/aromatic N) is 2. The van der Waals surface area contributed by atoms with Crippen LogP contribution in [0.5, 0.6) is 0 Å². The van der Waals surface area contributed by atoms with E-state index in [1.807, 2.05) is 6.07 Å². The molecule has 1 heterocycles. The predicted octanol–water partition coefficient (Wildman–Crippen LogP) is 4.70. The van der Waals surface area contributed by atoms with Crippen LogP contribution in [0.4, 0.5) is 17.3 Å². The van der Waals surface area contributed by atoms with Gasteiger partial charge in [-0.3, -0.25) is 0 Å². The molecule has 2 rings (SSSR count). The number of anilines is 3. The van der Waals surface area contributed by atoms with Gasteiger partial charge >= 0.3 is 0 Å². The summed E-state index contributed by atoms with van der Waals surface area (Å²) in [7, 11) is 1.71. The van der Waals surface area contributed by atoms with Crippen molar-refractivity contribution in [3.63, 3.8) is 0 Å². The summed E-state index contributed by atoms with van der Waals surface area (Å²) < 4.78 is 0. The molecule has 0 spiro atoms. The number of aromatic nitrogens is 1. The first kappa shape index (κ1) is 14.7. The van der Waals surface area contributed by atoms with Crippen LogP contribution in [-0.2, 0) is 0 Å². The maximum atomic E-state index is 8.80. The predicted molar refractivity (Wildman–Crippen MR) is 83.3 cm³/mol. The fraction of sp³-hybridized carbons (Fsp3) is 0.0769. The molecular formula is C13H9Cl3N4. The third kappa shape index (κ3) is 3.07. The lowest BCUT2D eigenvalue weighted by Gasteiger charge is -2.12. The van der Waals surface area contributed by atoms with Gasteiger partial charge < -0.3 is 10.6 Å². The number of halogens is 3. The zero-order chi connectivity index (χ0) is 14.7. The molecule has 0 radical (unpaired) electrons. The Morgan fingerprint density at radius 2 is 1.75 bits per heavy atom. The third-order valence-electron chi connectivity index (χ3n) is 2.52. The summed E-state index contributed by atoms with van der Waals surface area (Å²) in [5.41, 5.74) is 1.08. The number of hydrogen-bond acceptors (Lipinski definition) is 4. The highest BCUT2D eigenvalue weighted by atomic mass is 35.5. The van der Waals surface area contributed by atoms with E-state index in [2.05, 4.69) is 15.6 Å². The number of hydrogen-bond donors (Lipinski definition) is 2. The number of benzene rings is 1. The summed E-state index contributed by atoms with van der Waals surface area (Å²) in [6, 6.07) is 8.50. The van der Waals surface area contributed by atoms with E-state index in [9.17, 15) is 0 Å². The van der Waals surface area contributed by atoms with E-state index in [1.54, 1.807) is 31.3 Å². The van der Waals surface area contributed by atoms with E-state index < -0.39 is 0 Å². The van der Waals surface area contributed by atoms with Crippen LogP contribution >= 0.6 is 34.8 Å². The minimum absolute atomic E-state index is 0.370. The molecule has 0 aliphatic heterocycles. The average molecular weight is 328 g/mol. The molecule has 2 aromatic rings. The van der Waals surface area contributed by atoms with Gasteiger partial charge in [-0.05, 0) is 24.3 Å². The molecule has 1 aromatic heterocycles. The van der Waals surface area contributed by atoms with Gasteiger partial charge in [-0.2, -0.15) is 5.26 Å². The van der Waals surface area contributed by atoms with Crippen molar-refractivity contribution in [1.29, 1.82) is 5.26 Å². The smallest absolute Gasteiger partial charge is 0.151 e. The van der Waals surface area contributed by atoms with Crippen LogP contribution in [0.25, 0.3) is 0 Å². The number of nitriles is 1. The Bertz CT molecular complexity index is 695. The number of pyridine rings is 1. The Balaban J connectivity index is 2.37. The molecule has 0 aliphatic rings. The van der Waals surface area contributed by atoms with E-state index in [0.717, 1.165) is 0 Å². The van der Waals surface area contributed by atoms with Crippen LogP contribution in [-0.4, -0.2) is 12.0 Å². The maximum Gasteiger partial charge on any atom is 0.151 e. The number of rotatable bonds is 3. The molecule has 0 saturated carbocycles. The van der Waals surface area contributed by atoms with Crippen molar-refractivity contribution in [2.75, 3.05) is 17.7 Å². The lowest BCUT2D eigenvalue weighted by atomic mass is 10.2. The molecule has 0 atom stereocenters. The van der Waals surface area contributed by atoms with E-state index in [1.165, 1.54) is 0 Å². The van der Waals surface area contributed by atoms with Gasteiger partial charge in [-0.15, -0.1) is 0 Å². The zero-order valence-electron chi connectivity index (χ0n) is 10.3. The highest BCUT2D eigenvalue weighted by molar-refractivity contribution is 6.37. The quantitative estimate of drug-likeness (QED) is 0.858. The van der Waals surface area contributed by atoms with Crippen LogP contribution in [0.15, 0.2) is 24.3 Å². The standard InChI is InChI=1S/C13H9Cl3N4/c1-18-12-9(15)5-10(16)13(20-12)19-11-3-2-7(6-17)4-8(11)14/h2-5H,1H3,(H2,18,19,20). The van der Waals surface area contributed by atoms with Crippen LogP contribution in [0.3, 0.4) is 0 Å². The van der Waals surface area contributed by atoms with Crippen molar-refractivity contribution in [2.45, 2.75) is 0 Å². The highest BCUT2D eigenvalue weighted by Gasteiger charge is 2.10. The lowest BCUT2D eigenvalue weighted by molar-refractivity contribution is 1.27. The largest absolute Gasteiger partial charge is 0.372 e. The van der Waals surface area contributed by atoms with Crippen molar-refractivity contribution < 1.29 is 0 Å². The van der Waals surface area contributed by atoms with Crippen molar-refractivity contribution >= 4 is 52.1 Å². The average Bonchev–Trinajstić information content (AvgIpc) is 2.43. The molecule has 0 saturated heterocycles. The molecule has 0 bridgehead atoms. The second kappa shape index (κ2) is 6.19. The van der Waals surface area contributed by atoms with Crippen LogP contribution in [0.1, 0.15) is 5.56 Å². The Morgan fingerprint density at radius 1 is 1.05 bits per heavy atom. The SMILES string of the molecule is CNc1nc(Nc2ccc(C#N)cc2Cl)c(Cl)cc1Cl. The summed E-state index contributed by atoms with van der Waals surface area (Å²) in [4.78, 5) is 4.26. The fourth-order valence-electron chi connectivity index (χ4n) is 1.54. The molecule has 4 nitrogen and oxygen atoms in total. The Labute approximate surface area is 131 Å². The zero-order valence-corrected chi connectivity index (χ0v) is 12.6. The molecule has 0 aliphatic carbocycles. The van der Waals surface area contributed by atoms with Gasteiger partial charge in [0.2, 0.25) is 0 Å². The van der Waals surface area contributed by atoms with Crippen molar-refractivity contribution in [3.05, 3.63) is 44.9 Å². The van der Waals surface area contributed by atoms with Gasteiger partial charge in [-0.25, -0.2) is 4.98 Å². The number of nitrogens with one attached hydrogen (secondary N) is 2. The van der Waals surface area contributed by atoms with Crippen LogP contribution in [0.2, 0.25) is 15.1 Å². The fourth-order valence-corrected chi connectivity index (χ4v) is 2.27. The summed E-state index contributed by atoms with van der Waals surface area (Å²) >= 11 is 18.2. The second-order valence-corrected chi connectivity index (χ2v) is 5.05. The van der Waals surface area contributed by atoms with Gasteiger partial charge in [0.05, 0.1) is 32.4 Å². The molecule has 20 heavy (non-hydrogen) atoms. The Kier molecular flexibility index (Phi) is 4.56. The first-order valence-electron chi connectivity index (χ1n) is 5.55. The summed E-state index contributed by atoms with van der Waals surface area (Å²) in [6.45, 7) is 0. The van der Waals surface area contributed by atoms with Crippen molar-refractivity contribution in [2.24, 2.45) is 0 Å². The van der Waals surface area contributed by atoms with Crippen LogP contribution < -0.4 is 10.6 Å². The molecule has 0 unspecified atom stereocenters. The molecule has 2 N–H and O–H groups in total. The highest BCUT2D eigenvalue weighted by Crippen LogP contribution is 2.33. The molecule has 7 heteroatoms. The van der Waals surface area contributed by atoms with Gasteiger partial charge in [-0.1, -0.05) is 34.8 Å². The third-order valence-corrected chi connectivity index (χ3v) is 3.41. The molecule has 102 valence electrons. The van der Waals surface area contributed by atoms with E-state index in [-0.39, 0.29) is 0 Å². The van der Waals surface area contributed by atoms with E-state index >= 15 is 0 Å². The van der Waals surface area contributed by atoms with E-state index in [0.29, 0.717) is 38.0 Å². The summed E-state index contributed by atoms with van der Waals surface area (Å²) in [5, 5.41) is 15.9. The van der Waals surface area contributed by atoms with E-state index in [4.69, 9.17) is 40.1 Å². The molecule has 1 aromatic carbocycles. The minimum Gasteiger partial charge on any atom is -0.372 e. The first-order valence-corrected chi connectivity index (χ1v) is 6.69. The van der Waals surface area contributed by atoms with Gasteiger partial charge in [0.15, 0.2) is 5.82 Å².